The molecule has 0 fully saturated rings. The summed E-state index contributed by atoms with van der Waals surface area (Å²) in [4.78, 5) is 0. The first-order valence-corrected chi connectivity index (χ1v) is 6.06. The van der Waals surface area contributed by atoms with Crippen LogP contribution in [0.2, 0.25) is 5.02 Å². The summed E-state index contributed by atoms with van der Waals surface area (Å²) in [5.74, 6) is 0.583. The number of hydrogen-bond acceptors (Lipinski definition) is 3. The van der Waals surface area contributed by atoms with E-state index in [-0.39, 0.29) is 0 Å². The van der Waals surface area contributed by atoms with Gasteiger partial charge in [0.1, 0.15) is 0 Å². The average Bonchev–Trinajstić information content (AvgIpc) is 2.35. The Labute approximate surface area is 115 Å². The fraction of sp³-hybridized carbons (Fsp3) is 0.0833. The van der Waals surface area contributed by atoms with E-state index >= 15 is 0 Å². The highest BCUT2D eigenvalue weighted by Crippen LogP contribution is 2.25. The molecule has 0 aliphatic carbocycles. The molecule has 1 aromatic heterocycles. The summed E-state index contributed by atoms with van der Waals surface area (Å²) in [5, 5.41) is 14.7. The fourth-order valence-electron chi connectivity index (χ4n) is 1.42. The average molecular weight is 279 g/mol. The van der Waals surface area contributed by atoms with Gasteiger partial charge in [0.15, 0.2) is 10.9 Å². The largest absolute Gasteiger partial charge is 0.331 e. The third-order valence-corrected chi connectivity index (χ3v) is 2.79. The number of aromatic nitrogens is 2. The van der Waals surface area contributed by atoms with Crippen molar-refractivity contribution in [2.45, 2.75) is 6.92 Å². The maximum atomic E-state index is 6.10. The van der Waals surface area contributed by atoms with E-state index in [0.717, 1.165) is 11.3 Å². The van der Waals surface area contributed by atoms with Gasteiger partial charge in [0, 0.05) is 6.20 Å². The maximum absolute atomic E-state index is 6.10. The van der Waals surface area contributed by atoms with Crippen LogP contribution in [0.1, 0.15) is 5.56 Å². The van der Waals surface area contributed by atoms with E-state index < -0.39 is 0 Å². The lowest BCUT2D eigenvalue weighted by Crippen LogP contribution is -2.20. The Bertz CT molecular complexity index is 539. The minimum atomic E-state index is 0.423. The number of anilines is 2. The number of hydrogen-bond donors (Lipinski definition) is 2. The molecule has 1 heterocycles. The predicted molar refractivity (Wildman–Crippen MR) is 78.1 cm³/mol. The lowest BCUT2D eigenvalue weighted by atomic mass is 10.2. The van der Waals surface area contributed by atoms with Gasteiger partial charge in [0.2, 0.25) is 0 Å². The van der Waals surface area contributed by atoms with Gasteiger partial charge in [0.05, 0.1) is 10.7 Å². The number of aryl methyl sites for hydroxylation is 1. The molecule has 0 saturated heterocycles. The Hall–Kier alpha value is -1.72. The van der Waals surface area contributed by atoms with Crippen molar-refractivity contribution in [1.29, 1.82) is 0 Å². The molecule has 0 radical (unpaired) electrons. The van der Waals surface area contributed by atoms with E-state index in [1.165, 1.54) is 0 Å². The lowest BCUT2D eigenvalue weighted by molar-refractivity contribution is 1.04. The Morgan fingerprint density at radius 2 is 2.06 bits per heavy atom. The van der Waals surface area contributed by atoms with E-state index in [1.807, 2.05) is 25.1 Å². The highest BCUT2D eigenvalue weighted by atomic mass is 35.5. The summed E-state index contributed by atoms with van der Waals surface area (Å²) in [6, 6.07) is 9.21. The van der Waals surface area contributed by atoms with Gasteiger partial charge >= 0.3 is 0 Å². The number of nitrogens with zero attached hydrogens (tertiary/aromatic N) is 2. The van der Waals surface area contributed by atoms with E-state index in [2.05, 4.69) is 20.8 Å². The third-order valence-electron chi connectivity index (χ3n) is 2.27. The molecular formula is C12H11ClN4S. The second-order valence-electron chi connectivity index (χ2n) is 3.62. The van der Waals surface area contributed by atoms with E-state index in [9.17, 15) is 0 Å². The number of para-hydroxylation sites is 1. The summed E-state index contributed by atoms with van der Waals surface area (Å²) >= 11 is 11.3. The molecule has 2 rings (SSSR count). The lowest BCUT2D eigenvalue weighted by Gasteiger charge is -2.12. The number of rotatable bonds is 2. The summed E-state index contributed by atoms with van der Waals surface area (Å²) in [5.41, 5.74) is 1.81. The molecule has 4 nitrogen and oxygen atoms in total. The predicted octanol–water partition coefficient (Wildman–Crippen LogP) is 3.25. The summed E-state index contributed by atoms with van der Waals surface area (Å²) in [6.45, 7) is 1.96. The Balaban J connectivity index is 2.08. The van der Waals surface area contributed by atoms with Gasteiger partial charge in [-0.15, -0.1) is 5.10 Å². The first-order valence-electron chi connectivity index (χ1n) is 5.27. The molecule has 0 spiro atoms. The number of thiocarbonyl (C=S) groups is 1. The summed E-state index contributed by atoms with van der Waals surface area (Å²) in [6.07, 6.45) is 1.60. The number of halogens is 1. The molecule has 18 heavy (non-hydrogen) atoms. The number of benzene rings is 1. The molecule has 0 unspecified atom stereocenters. The second-order valence-corrected chi connectivity index (χ2v) is 4.44. The van der Waals surface area contributed by atoms with Crippen LogP contribution in [0.3, 0.4) is 0 Å². The minimum absolute atomic E-state index is 0.423. The molecule has 1 aromatic carbocycles. The van der Waals surface area contributed by atoms with Crippen molar-refractivity contribution in [1.82, 2.24) is 10.2 Å². The molecule has 0 bridgehead atoms. The van der Waals surface area contributed by atoms with Crippen LogP contribution < -0.4 is 10.6 Å². The van der Waals surface area contributed by atoms with E-state index in [0.29, 0.717) is 16.0 Å². The molecule has 0 aliphatic heterocycles. The smallest absolute Gasteiger partial charge is 0.176 e. The van der Waals surface area contributed by atoms with Crippen molar-refractivity contribution in [2.24, 2.45) is 0 Å². The van der Waals surface area contributed by atoms with Gasteiger partial charge < -0.3 is 10.6 Å². The molecular weight excluding hydrogens is 268 g/mol. The monoisotopic (exact) mass is 278 g/mol. The highest BCUT2D eigenvalue weighted by molar-refractivity contribution is 7.80. The second kappa shape index (κ2) is 5.75. The molecule has 0 aliphatic rings. The zero-order valence-electron chi connectivity index (χ0n) is 9.64. The fourth-order valence-corrected chi connectivity index (χ4v) is 1.90. The Morgan fingerprint density at radius 3 is 2.72 bits per heavy atom. The van der Waals surface area contributed by atoms with Crippen molar-refractivity contribution in [3.8, 4) is 0 Å². The van der Waals surface area contributed by atoms with Gasteiger partial charge in [0.25, 0.3) is 0 Å². The van der Waals surface area contributed by atoms with Gasteiger partial charge in [-0.1, -0.05) is 23.7 Å². The van der Waals surface area contributed by atoms with Crippen molar-refractivity contribution in [3.63, 3.8) is 0 Å². The van der Waals surface area contributed by atoms with Crippen LogP contribution in [-0.2, 0) is 0 Å². The Kier molecular flexibility index (Phi) is 4.07. The highest BCUT2D eigenvalue weighted by Gasteiger charge is 2.06. The van der Waals surface area contributed by atoms with Crippen molar-refractivity contribution < 1.29 is 0 Å². The topological polar surface area (TPSA) is 49.8 Å². The zero-order chi connectivity index (χ0) is 13.0. The zero-order valence-corrected chi connectivity index (χ0v) is 11.2. The van der Waals surface area contributed by atoms with Gasteiger partial charge in [-0.2, -0.15) is 5.10 Å². The third kappa shape index (κ3) is 3.15. The molecule has 0 atom stereocenters. The van der Waals surface area contributed by atoms with Crippen molar-refractivity contribution in [2.75, 3.05) is 10.6 Å². The van der Waals surface area contributed by atoms with E-state index in [4.69, 9.17) is 23.8 Å². The minimum Gasteiger partial charge on any atom is -0.331 e. The summed E-state index contributed by atoms with van der Waals surface area (Å²) in [7, 11) is 0. The molecule has 2 N–H and O–H groups in total. The van der Waals surface area contributed by atoms with Crippen LogP contribution in [0.4, 0.5) is 11.5 Å². The van der Waals surface area contributed by atoms with Crippen LogP contribution >= 0.6 is 23.8 Å². The normalized spacial score (nSPS) is 9.89. The molecule has 2 aromatic rings. The molecule has 0 saturated carbocycles. The maximum Gasteiger partial charge on any atom is 0.176 e. The van der Waals surface area contributed by atoms with Gasteiger partial charge in [-0.3, -0.25) is 0 Å². The van der Waals surface area contributed by atoms with Crippen molar-refractivity contribution >= 4 is 40.4 Å². The van der Waals surface area contributed by atoms with Crippen LogP contribution in [-0.4, -0.2) is 15.3 Å². The van der Waals surface area contributed by atoms with Gasteiger partial charge in [-0.25, -0.2) is 0 Å². The van der Waals surface area contributed by atoms with Crippen LogP contribution in [0.5, 0.6) is 0 Å². The van der Waals surface area contributed by atoms with Crippen LogP contribution in [0.15, 0.2) is 36.5 Å². The quantitative estimate of drug-likeness (QED) is 0.826. The Morgan fingerprint density at radius 1 is 1.22 bits per heavy atom. The van der Waals surface area contributed by atoms with Gasteiger partial charge in [-0.05, 0) is 42.9 Å². The first-order chi connectivity index (χ1) is 8.66. The first kappa shape index (κ1) is 12.7. The standard InChI is InChI=1S/C12H11ClN4S/c1-8-4-2-5-9(13)11(8)16-12(18)15-10-6-3-7-14-17-10/h2-7H,1H3,(H2,15,16,17,18). The SMILES string of the molecule is Cc1cccc(Cl)c1NC(=S)Nc1cccnn1. The van der Waals surface area contributed by atoms with Crippen LogP contribution in [0.25, 0.3) is 0 Å². The molecule has 6 heteroatoms. The molecule has 0 amide bonds. The molecule has 92 valence electrons. The van der Waals surface area contributed by atoms with Crippen molar-refractivity contribution in [3.05, 3.63) is 47.1 Å². The summed E-state index contributed by atoms with van der Waals surface area (Å²) < 4.78 is 0. The van der Waals surface area contributed by atoms with Crippen LogP contribution in [0, 0.1) is 6.92 Å². The van der Waals surface area contributed by atoms with E-state index in [1.54, 1.807) is 18.3 Å². The number of nitrogens with one attached hydrogen (secondary N) is 2.